The van der Waals surface area contributed by atoms with Crippen molar-refractivity contribution in [1.29, 1.82) is 5.26 Å². The van der Waals surface area contributed by atoms with E-state index in [9.17, 15) is 20.2 Å². The summed E-state index contributed by atoms with van der Waals surface area (Å²) in [6.45, 7) is 0.705. The van der Waals surface area contributed by atoms with E-state index < -0.39 is 10.8 Å². The van der Waals surface area contributed by atoms with Gasteiger partial charge in [-0.2, -0.15) is 5.26 Å². The molecule has 0 unspecified atom stereocenters. The number of nitro benzene ring substituents is 1. The van der Waals surface area contributed by atoms with Gasteiger partial charge >= 0.3 is 0 Å². The van der Waals surface area contributed by atoms with E-state index in [1.807, 2.05) is 35.2 Å². The highest BCUT2D eigenvalue weighted by atomic mass is 16.6. The predicted octanol–water partition coefficient (Wildman–Crippen LogP) is 3.40. The molecule has 1 aliphatic rings. The maximum Gasteiger partial charge on any atom is 0.273 e. The van der Waals surface area contributed by atoms with Crippen LogP contribution in [0.15, 0.2) is 54.2 Å². The van der Waals surface area contributed by atoms with Crippen LogP contribution in [0.1, 0.15) is 12.0 Å². The summed E-state index contributed by atoms with van der Waals surface area (Å²) in [7, 11) is 1.35. The van der Waals surface area contributed by atoms with E-state index in [4.69, 9.17) is 4.74 Å². The van der Waals surface area contributed by atoms with Crippen LogP contribution < -0.4 is 15.0 Å². The number of hydrogen-bond acceptors (Lipinski definition) is 6. The smallest absolute Gasteiger partial charge is 0.273 e. The first kappa shape index (κ1) is 18.9. The number of fused-ring (bicyclic) bond motifs is 1. The Morgan fingerprint density at radius 2 is 2.14 bits per heavy atom. The lowest BCUT2D eigenvalue weighted by atomic mass is 10.0. The van der Waals surface area contributed by atoms with Gasteiger partial charge in [-0.3, -0.25) is 14.9 Å². The van der Waals surface area contributed by atoms with E-state index in [1.165, 1.54) is 37.1 Å². The number of ether oxygens (including phenoxy) is 1. The lowest BCUT2D eigenvalue weighted by Crippen LogP contribution is -2.26. The van der Waals surface area contributed by atoms with E-state index in [0.717, 1.165) is 18.5 Å². The molecule has 2 aromatic carbocycles. The molecule has 8 heteroatoms. The SMILES string of the molecule is COc1cc([N+](=O)[O-])ccc1NC(=O)/C(C#N)=C\N1CCCc2ccccc21. The van der Waals surface area contributed by atoms with Crippen molar-refractivity contribution in [2.75, 3.05) is 23.9 Å². The van der Waals surface area contributed by atoms with Crippen LogP contribution in [0.3, 0.4) is 0 Å². The molecule has 1 aliphatic heterocycles. The first-order valence-corrected chi connectivity index (χ1v) is 8.63. The standard InChI is InChI=1S/C20H18N4O4/c1-28-19-11-16(24(26)27)8-9-17(19)22-20(25)15(12-21)13-23-10-4-6-14-5-2-3-7-18(14)23/h2-3,5,7-9,11,13H,4,6,10H2,1H3,(H,22,25)/b15-13-. The van der Waals surface area contributed by atoms with Gasteiger partial charge in [-0.05, 0) is 30.5 Å². The maximum atomic E-state index is 12.6. The fourth-order valence-corrected chi connectivity index (χ4v) is 3.08. The Bertz CT molecular complexity index is 994. The summed E-state index contributed by atoms with van der Waals surface area (Å²) >= 11 is 0. The van der Waals surface area contributed by atoms with Crippen molar-refractivity contribution >= 4 is 23.0 Å². The van der Waals surface area contributed by atoms with Crippen LogP contribution >= 0.6 is 0 Å². The number of hydrogen-bond donors (Lipinski definition) is 1. The number of nitro groups is 1. The minimum absolute atomic E-state index is 0.0721. The van der Waals surface area contributed by atoms with Crippen LogP contribution in [0.5, 0.6) is 5.75 Å². The van der Waals surface area contributed by atoms with Crippen LogP contribution in [0.2, 0.25) is 0 Å². The maximum absolute atomic E-state index is 12.6. The molecule has 1 N–H and O–H groups in total. The topological polar surface area (TPSA) is 108 Å². The predicted molar refractivity (Wildman–Crippen MR) is 104 cm³/mol. The number of amides is 1. The van der Waals surface area contributed by atoms with E-state index >= 15 is 0 Å². The van der Waals surface area contributed by atoms with Crippen LogP contribution in [0.4, 0.5) is 17.1 Å². The molecule has 142 valence electrons. The Balaban J connectivity index is 1.85. The van der Waals surface area contributed by atoms with Gasteiger partial charge < -0.3 is 15.0 Å². The highest BCUT2D eigenvalue weighted by Gasteiger charge is 2.19. The lowest BCUT2D eigenvalue weighted by Gasteiger charge is -2.28. The molecule has 0 atom stereocenters. The summed E-state index contributed by atoms with van der Waals surface area (Å²) < 4.78 is 5.11. The van der Waals surface area contributed by atoms with Crippen LogP contribution in [-0.4, -0.2) is 24.5 Å². The fraction of sp³-hybridized carbons (Fsp3) is 0.200. The largest absolute Gasteiger partial charge is 0.494 e. The number of rotatable bonds is 5. The van der Waals surface area contributed by atoms with Gasteiger partial charge in [0.1, 0.15) is 17.4 Å². The number of carbonyl (C=O) groups is 1. The summed E-state index contributed by atoms with van der Waals surface area (Å²) in [6, 6.07) is 13.6. The number of para-hydroxylation sites is 1. The molecule has 1 heterocycles. The third-order valence-corrected chi connectivity index (χ3v) is 4.44. The van der Waals surface area contributed by atoms with Gasteiger partial charge in [-0.1, -0.05) is 18.2 Å². The van der Waals surface area contributed by atoms with Crippen molar-refractivity contribution in [3.8, 4) is 11.8 Å². The third kappa shape index (κ3) is 3.94. The number of carbonyl (C=O) groups excluding carboxylic acids is 1. The van der Waals surface area contributed by atoms with Gasteiger partial charge in [-0.15, -0.1) is 0 Å². The molecule has 0 radical (unpaired) electrons. The van der Waals surface area contributed by atoms with Gasteiger partial charge in [0.2, 0.25) is 0 Å². The molecule has 0 fully saturated rings. The molecule has 8 nitrogen and oxygen atoms in total. The number of nitrogens with one attached hydrogen (secondary N) is 1. The zero-order valence-corrected chi connectivity index (χ0v) is 15.2. The summed E-state index contributed by atoms with van der Waals surface area (Å²) in [4.78, 5) is 24.8. The van der Waals surface area contributed by atoms with Gasteiger partial charge in [0.25, 0.3) is 11.6 Å². The monoisotopic (exact) mass is 378 g/mol. The van der Waals surface area contributed by atoms with E-state index in [1.54, 1.807) is 0 Å². The molecule has 0 spiro atoms. The minimum atomic E-state index is -0.613. The van der Waals surface area contributed by atoms with Crippen molar-refractivity contribution < 1.29 is 14.5 Å². The number of nitrogens with zero attached hydrogens (tertiary/aromatic N) is 3. The zero-order valence-electron chi connectivity index (χ0n) is 15.2. The lowest BCUT2D eigenvalue weighted by molar-refractivity contribution is -0.384. The minimum Gasteiger partial charge on any atom is -0.494 e. The number of methoxy groups -OCH3 is 1. The van der Waals surface area contributed by atoms with Crippen LogP contribution in [0.25, 0.3) is 0 Å². The number of benzene rings is 2. The van der Waals surface area contributed by atoms with Gasteiger partial charge in [0, 0.05) is 24.5 Å². The fourth-order valence-electron chi connectivity index (χ4n) is 3.08. The van der Waals surface area contributed by atoms with Crippen molar-refractivity contribution in [3.63, 3.8) is 0 Å². The summed E-state index contributed by atoms with van der Waals surface area (Å²) in [5, 5.41) is 22.9. The van der Waals surface area contributed by atoms with Gasteiger partial charge in [0.15, 0.2) is 0 Å². The Hall–Kier alpha value is -3.86. The molecule has 3 rings (SSSR count). The van der Waals surface area contributed by atoms with Crippen molar-refractivity contribution in [3.05, 3.63) is 69.9 Å². The van der Waals surface area contributed by atoms with Crippen LogP contribution in [-0.2, 0) is 11.2 Å². The van der Waals surface area contributed by atoms with Gasteiger partial charge in [-0.25, -0.2) is 0 Å². The normalized spacial score (nSPS) is 13.3. The molecule has 0 saturated carbocycles. The molecule has 2 aromatic rings. The Labute approximate surface area is 161 Å². The van der Waals surface area contributed by atoms with Crippen molar-refractivity contribution in [2.45, 2.75) is 12.8 Å². The summed E-state index contributed by atoms with van der Waals surface area (Å²) in [5.74, 6) is -0.471. The second-order valence-corrected chi connectivity index (χ2v) is 6.18. The number of non-ortho nitro benzene ring substituents is 1. The average molecular weight is 378 g/mol. The molecule has 0 bridgehead atoms. The van der Waals surface area contributed by atoms with E-state index in [2.05, 4.69) is 5.32 Å². The highest BCUT2D eigenvalue weighted by Crippen LogP contribution is 2.30. The van der Waals surface area contributed by atoms with Crippen molar-refractivity contribution in [2.24, 2.45) is 0 Å². The second kappa shape index (κ2) is 8.22. The molecular weight excluding hydrogens is 360 g/mol. The third-order valence-electron chi connectivity index (χ3n) is 4.44. The van der Waals surface area contributed by atoms with Gasteiger partial charge in [0.05, 0.1) is 23.8 Å². The van der Waals surface area contributed by atoms with E-state index in [0.29, 0.717) is 6.54 Å². The molecule has 1 amide bonds. The second-order valence-electron chi connectivity index (χ2n) is 6.18. The zero-order chi connectivity index (χ0) is 20.1. The first-order chi connectivity index (χ1) is 13.5. The highest BCUT2D eigenvalue weighted by molar-refractivity contribution is 6.07. The number of aryl methyl sites for hydroxylation is 1. The molecule has 0 aromatic heterocycles. The molecular formula is C20H18N4O4. The summed E-state index contributed by atoms with van der Waals surface area (Å²) in [5.41, 5.74) is 2.16. The quantitative estimate of drug-likeness (QED) is 0.370. The van der Waals surface area contributed by atoms with Crippen molar-refractivity contribution in [1.82, 2.24) is 0 Å². The summed E-state index contributed by atoms with van der Waals surface area (Å²) in [6.07, 6.45) is 3.41. The average Bonchev–Trinajstić information content (AvgIpc) is 2.72. The Morgan fingerprint density at radius 3 is 2.86 bits per heavy atom. The number of anilines is 2. The molecule has 28 heavy (non-hydrogen) atoms. The molecule has 0 saturated heterocycles. The van der Waals surface area contributed by atoms with Crippen LogP contribution in [0, 0.1) is 21.4 Å². The van der Waals surface area contributed by atoms with E-state index in [-0.39, 0.29) is 22.7 Å². The Kier molecular flexibility index (Phi) is 5.56. The number of nitriles is 1. The Morgan fingerprint density at radius 1 is 1.36 bits per heavy atom. The first-order valence-electron chi connectivity index (χ1n) is 8.63. The molecule has 0 aliphatic carbocycles.